The van der Waals surface area contributed by atoms with E-state index < -0.39 is 0 Å². The van der Waals surface area contributed by atoms with Crippen LogP contribution in [0.2, 0.25) is 5.02 Å². The van der Waals surface area contributed by atoms with Crippen molar-refractivity contribution in [2.75, 3.05) is 37.0 Å². The Morgan fingerprint density at radius 1 is 1.06 bits per heavy atom. The highest BCUT2D eigenvalue weighted by Crippen LogP contribution is 2.37. The molecule has 0 radical (unpaired) electrons. The molecule has 164 valence electrons. The van der Waals surface area contributed by atoms with Crippen LogP contribution < -0.4 is 15.1 Å². The van der Waals surface area contributed by atoms with Crippen LogP contribution in [0.1, 0.15) is 18.5 Å². The zero-order chi connectivity index (χ0) is 22.0. The van der Waals surface area contributed by atoms with Gasteiger partial charge in [0.2, 0.25) is 5.65 Å². The van der Waals surface area contributed by atoms with E-state index in [0.717, 1.165) is 47.2 Å². The number of hydrogen-bond acceptors (Lipinski definition) is 8. The lowest BCUT2D eigenvalue weighted by molar-refractivity contribution is 0.480. The molecule has 10 heteroatoms. The van der Waals surface area contributed by atoms with Gasteiger partial charge in [-0.05, 0) is 31.9 Å². The van der Waals surface area contributed by atoms with E-state index in [9.17, 15) is 0 Å². The number of aromatic nitrogens is 6. The van der Waals surface area contributed by atoms with Crippen LogP contribution in [0.5, 0.6) is 0 Å². The average molecular weight is 450 g/mol. The predicted octanol–water partition coefficient (Wildman–Crippen LogP) is 2.93. The Kier molecular flexibility index (Phi) is 4.44. The van der Waals surface area contributed by atoms with Crippen LogP contribution in [0.15, 0.2) is 18.3 Å². The third-order valence-corrected chi connectivity index (χ3v) is 6.91. The normalized spacial score (nSPS) is 20.4. The summed E-state index contributed by atoms with van der Waals surface area (Å²) in [5.74, 6) is 1.69. The fraction of sp³-hybridized carbons (Fsp3) is 0.409. The number of aromatic amines is 1. The Morgan fingerprint density at radius 3 is 2.59 bits per heavy atom. The third kappa shape index (κ3) is 2.91. The van der Waals surface area contributed by atoms with Gasteiger partial charge in [-0.2, -0.15) is 5.10 Å². The molecule has 9 nitrogen and oxygen atoms in total. The van der Waals surface area contributed by atoms with E-state index in [0.29, 0.717) is 33.8 Å². The zero-order valence-corrected chi connectivity index (χ0v) is 19.0. The Balaban J connectivity index is 1.47. The van der Waals surface area contributed by atoms with E-state index in [1.807, 2.05) is 38.1 Å². The molecule has 2 aliphatic heterocycles. The molecule has 0 aliphatic carbocycles. The highest BCUT2D eigenvalue weighted by Gasteiger charge is 2.38. The van der Waals surface area contributed by atoms with Crippen LogP contribution in [-0.2, 0) is 0 Å². The summed E-state index contributed by atoms with van der Waals surface area (Å²) in [5.41, 5.74) is 5.15. The van der Waals surface area contributed by atoms with Crippen LogP contribution in [0.4, 0.5) is 11.6 Å². The number of nitrogens with one attached hydrogen (secondary N) is 2. The Labute approximate surface area is 190 Å². The minimum atomic E-state index is 0.469. The minimum absolute atomic E-state index is 0.469. The third-order valence-electron chi connectivity index (χ3n) is 6.53. The van der Waals surface area contributed by atoms with Crippen molar-refractivity contribution in [2.45, 2.75) is 31.8 Å². The first-order chi connectivity index (χ1) is 15.5. The summed E-state index contributed by atoms with van der Waals surface area (Å²) in [6, 6.07) is 4.79. The maximum atomic E-state index is 6.82. The molecule has 2 atom stereocenters. The first-order valence-electron chi connectivity index (χ1n) is 10.9. The first-order valence-corrected chi connectivity index (χ1v) is 11.2. The lowest BCUT2D eigenvalue weighted by atomic mass is 10.1. The fourth-order valence-corrected chi connectivity index (χ4v) is 5.21. The van der Waals surface area contributed by atoms with E-state index >= 15 is 0 Å². The van der Waals surface area contributed by atoms with Gasteiger partial charge in [-0.15, -0.1) is 0 Å². The molecular formula is C22H24ClN9. The molecule has 4 aromatic rings. The molecule has 2 N–H and O–H groups in total. The number of fused-ring (bicyclic) bond motifs is 4. The van der Waals surface area contributed by atoms with Crippen LogP contribution in [0.3, 0.4) is 0 Å². The van der Waals surface area contributed by atoms with E-state index in [2.05, 4.69) is 30.4 Å². The lowest BCUT2D eigenvalue weighted by Gasteiger charge is -2.36. The second-order valence-corrected chi connectivity index (χ2v) is 9.15. The number of H-pyrrole nitrogens is 1. The number of anilines is 2. The maximum Gasteiger partial charge on any atom is 0.202 e. The van der Waals surface area contributed by atoms with Gasteiger partial charge in [0, 0.05) is 44.8 Å². The van der Waals surface area contributed by atoms with Gasteiger partial charge in [-0.1, -0.05) is 11.6 Å². The molecule has 0 spiro atoms. The van der Waals surface area contributed by atoms with Crippen LogP contribution in [0.25, 0.3) is 33.5 Å². The fourth-order valence-electron chi connectivity index (χ4n) is 4.91. The molecular weight excluding hydrogens is 426 g/mol. The van der Waals surface area contributed by atoms with Crippen molar-refractivity contribution in [2.24, 2.45) is 0 Å². The standard InChI is InChI=1S/C22H24ClN9/c1-11-22(32-12-4-5-13(32)9-24-8-12)28-21-20(26-11)18(29-30-21)14-6-7-15-19(17(14)23)27-16(10-25-15)31(2)3/h6-7,10,12-13,24H,4-5,8-9H2,1-3H3,(H,28,29,30). The summed E-state index contributed by atoms with van der Waals surface area (Å²) in [5, 5.41) is 11.6. The number of benzene rings is 1. The monoisotopic (exact) mass is 449 g/mol. The number of piperazine rings is 1. The van der Waals surface area contributed by atoms with Crippen LogP contribution in [-0.4, -0.2) is 69.4 Å². The minimum Gasteiger partial charge on any atom is -0.361 e. The van der Waals surface area contributed by atoms with Crippen molar-refractivity contribution < 1.29 is 0 Å². The molecule has 32 heavy (non-hydrogen) atoms. The van der Waals surface area contributed by atoms with Gasteiger partial charge < -0.3 is 15.1 Å². The molecule has 2 saturated heterocycles. The molecule has 2 aliphatic rings. The Bertz CT molecular complexity index is 1330. The van der Waals surface area contributed by atoms with Crippen molar-refractivity contribution in [1.29, 1.82) is 0 Å². The van der Waals surface area contributed by atoms with E-state index in [4.69, 9.17) is 21.6 Å². The van der Waals surface area contributed by atoms with Gasteiger partial charge in [0.15, 0.2) is 5.82 Å². The highest BCUT2D eigenvalue weighted by molar-refractivity contribution is 6.38. The highest BCUT2D eigenvalue weighted by atomic mass is 35.5. The smallest absolute Gasteiger partial charge is 0.202 e. The number of hydrogen-bond donors (Lipinski definition) is 2. The van der Waals surface area contributed by atoms with Crippen molar-refractivity contribution in [1.82, 2.24) is 35.5 Å². The van der Waals surface area contributed by atoms with Gasteiger partial charge in [0.1, 0.15) is 16.9 Å². The summed E-state index contributed by atoms with van der Waals surface area (Å²) < 4.78 is 0. The summed E-state index contributed by atoms with van der Waals surface area (Å²) in [6.07, 6.45) is 4.11. The summed E-state index contributed by atoms with van der Waals surface area (Å²) in [7, 11) is 3.85. The Morgan fingerprint density at radius 2 is 1.84 bits per heavy atom. The first kappa shape index (κ1) is 19.6. The SMILES string of the molecule is Cc1nc2c(-c3ccc4ncc(N(C)C)nc4c3Cl)[nH]nc2nc1N1C2CCC1CNC2. The second kappa shape index (κ2) is 7.25. The zero-order valence-electron chi connectivity index (χ0n) is 18.2. The van der Waals surface area contributed by atoms with Gasteiger partial charge in [-0.25, -0.2) is 15.0 Å². The molecule has 6 rings (SSSR count). The van der Waals surface area contributed by atoms with Crippen LogP contribution in [0, 0.1) is 6.92 Å². The second-order valence-electron chi connectivity index (χ2n) is 8.77. The predicted molar refractivity (Wildman–Crippen MR) is 126 cm³/mol. The largest absolute Gasteiger partial charge is 0.361 e. The van der Waals surface area contributed by atoms with Crippen LogP contribution >= 0.6 is 11.6 Å². The van der Waals surface area contributed by atoms with Crippen molar-refractivity contribution in [3.05, 3.63) is 29.0 Å². The number of rotatable bonds is 3. The summed E-state index contributed by atoms with van der Waals surface area (Å²) in [4.78, 5) is 23.4. The number of halogens is 1. The molecule has 0 amide bonds. The molecule has 0 saturated carbocycles. The maximum absolute atomic E-state index is 6.82. The molecule has 5 heterocycles. The molecule has 2 bridgehead atoms. The van der Waals surface area contributed by atoms with E-state index in [1.54, 1.807) is 6.20 Å². The van der Waals surface area contributed by atoms with Crippen molar-refractivity contribution in [3.8, 4) is 11.3 Å². The summed E-state index contributed by atoms with van der Waals surface area (Å²) in [6.45, 7) is 4.01. The van der Waals surface area contributed by atoms with Crippen molar-refractivity contribution >= 4 is 45.4 Å². The van der Waals surface area contributed by atoms with E-state index in [-0.39, 0.29) is 0 Å². The average Bonchev–Trinajstić information content (AvgIpc) is 3.29. The number of aryl methyl sites for hydroxylation is 1. The molecule has 2 fully saturated rings. The summed E-state index contributed by atoms with van der Waals surface area (Å²) >= 11 is 6.82. The van der Waals surface area contributed by atoms with Crippen molar-refractivity contribution in [3.63, 3.8) is 0 Å². The quantitative estimate of drug-likeness (QED) is 0.492. The Hall–Kier alpha value is -3.04. The topological polar surface area (TPSA) is 98.8 Å². The molecule has 3 aromatic heterocycles. The number of nitrogens with zero attached hydrogens (tertiary/aromatic N) is 7. The van der Waals surface area contributed by atoms with E-state index in [1.165, 1.54) is 12.8 Å². The molecule has 2 unspecified atom stereocenters. The van der Waals surface area contributed by atoms with Gasteiger partial charge >= 0.3 is 0 Å². The molecule has 1 aromatic carbocycles. The lowest BCUT2D eigenvalue weighted by Crippen LogP contribution is -2.52. The van der Waals surface area contributed by atoms with Gasteiger partial charge in [-0.3, -0.25) is 10.1 Å². The van der Waals surface area contributed by atoms with Gasteiger partial charge in [0.25, 0.3) is 0 Å². The van der Waals surface area contributed by atoms with Gasteiger partial charge in [0.05, 0.1) is 28.1 Å².